The minimum Gasteiger partial charge on any atom is -0.308 e. The Balaban J connectivity index is 1.72. The molecule has 0 spiro atoms. The minimum absolute atomic E-state index is 0.0172. The summed E-state index contributed by atoms with van der Waals surface area (Å²) in [7, 11) is 0. The summed E-state index contributed by atoms with van der Waals surface area (Å²) < 4.78 is 40.9. The van der Waals surface area contributed by atoms with Crippen molar-refractivity contribution in [3.63, 3.8) is 0 Å². The molecule has 1 N–H and O–H groups in total. The zero-order chi connectivity index (χ0) is 24.3. The number of carbonyl (C=O) groups excluding carboxylic acids is 1. The van der Waals surface area contributed by atoms with Gasteiger partial charge in [-0.25, -0.2) is 4.98 Å². The average molecular weight is 485 g/mol. The summed E-state index contributed by atoms with van der Waals surface area (Å²) in [5, 5.41) is 6.57. The molecule has 11 heteroatoms. The summed E-state index contributed by atoms with van der Waals surface area (Å²) in [4.78, 5) is 32.0. The van der Waals surface area contributed by atoms with Gasteiger partial charge in [-0.05, 0) is 30.3 Å². The number of aromatic nitrogens is 4. The number of carbonyl (C=O) groups is 1. The number of aromatic amines is 1. The monoisotopic (exact) mass is 485 g/mol. The molecule has 2 heterocycles. The summed E-state index contributed by atoms with van der Waals surface area (Å²) in [5.74, 6) is -0.404. The van der Waals surface area contributed by atoms with Gasteiger partial charge in [-0.15, -0.1) is 6.58 Å². The maximum Gasteiger partial charge on any atom is 0.416 e. The summed E-state index contributed by atoms with van der Waals surface area (Å²) >= 11 is 0.942. The molecule has 0 saturated carbocycles. The summed E-state index contributed by atoms with van der Waals surface area (Å²) in [5.41, 5.74) is -0.678. The van der Waals surface area contributed by atoms with Crippen molar-refractivity contribution >= 4 is 34.4 Å². The summed E-state index contributed by atoms with van der Waals surface area (Å²) in [6, 6.07) is 13.4. The molecule has 2 aromatic heterocycles. The Hall–Kier alpha value is -3.86. The van der Waals surface area contributed by atoms with E-state index in [4.69, 9.17) is 0 Å². The van der Waals surface area contributed by atoms with Crippen LogP contribution in [0.2, 0.25) is 0 Å². The number of alkyl halides is 3. The Morgan fingerprint density at radius 1 is 1.18 bits per heavy atom. The second kappa shape index (κ2) is 9.56. The Bertz CT molecular complexity index is 1400. The van der Waals surface area contributed by atoms with Crippen LogP contribution < -0.4 is 10.5 Å². The molecule has 0 radical (unpaired) electrons. The van der Waals surface area contributed by atoms with Gasteiger partial charge in [0.1, 0.15) is 5.39 Å². The van der Waals surface area contributed by atoms with Crippen LogP contribution in [0.15, 0.2) is 83.4 Å². The molecule has 174 valence electrons. The zero-order valence-corrected chi connectivity index (χ0v) is 18.4. The predicted octanol–water partition coefficient (Wildman–Crippen LogP) is 4.44. The molecule has 0 bridgehead atoms. The van der Waals surface area contributed by atoms with Gasteiger partial charge in [0.2, 0.25) is 5.91 Å². The second-order valence-electron chi connectivity index (χ2n) is 7.13. The molecule has 34 heavy (non-hydrogen) atoms. The minimum atomic E-state index is -4.59. The van der Waals surface area contributed by atoms with E-state index in [0.717, 1.165) is 28.5 Å². The first-order valence-electron chi connectivity index (χ1n) is 10.0. The van der Waals surface area contributed by atoms with E-state index in [0.29, 0.717) is 5.69 Å². The van der Waals surface area contributed by atoms with Crippen LogP contribution >= 0.6 is 11.8 Å². The Morgan fingerprint density at radius 3 is 2.65 bits per heavy atom. The van der Waals surface area contributed by atoms with E-state index < -0.39 is 17.3 Å². The third kappa shape index (κ3) is 4.74. The van der Waals surface area contributed by atoms with Gasteiger partial charge in [-0.1, -0.05) is 42.1 Å². The van der Waals surface area contributed by atoms with Crippen molar-refractivity contribution in [1.29, 1.82) is 0 Å². The number of hydrogen-bond acceptors (Lipinski definition) is 5. The topological polar surface area (TPSA) is 83.9 Å². The lowest BCUT2D eigenvalue weighted by Gasteiger charge is -2.21. The highest BCUT2D eigenvalue weighted by atomic mass is 32.2. The lowest BCUT2D eigenvalue weighted by molar-refractivity contribution is -0.137. The fraction of sp³-hybridized carbons (Fsp3) is 0.130. The maximum absolute atomic E-state index is 13.3. The van der Waals surface area contributed by atoms with E-state index in [1.54, 1.807) is 30.3 Å². The van der Waals surface area contributed by atoms with Gasteiger partial charge in [-0.3, -0.25) is 19.3 Å². The van der Waals surface area contributed by atoms with Crippen LogP contribution in [0, 0.1) is 0 Å². The van der Waals surface area contributed by atoms with Crippen LogP contribution in [0.25, 0.3) is 16.7 Å². The Morgan fingerprint density at radius 2 is 1.94 bits per heavy atom. The first-order chi connectivity index (χ1) is 16.3. The quantitative estimate of drug-likeness (QED) is 0.238. The lowest BCUT2D eigenvalue weighted by atomic mass is 10.2. The molecule has 0 aliphatic heterocycles. The molecule has 1 amide bonds. The highest BCUT2D eigenvalue weighted by Gasteiger charge is 2.31. The van der Waals surface area contributed by atoms with Gasteiger partial charge < -0.3 is 4.90 Å². The number of amides is 1. The molecule has 0 unspecified atom stereocenters. The number of H-pyrrole nitrogens is 1. The molecule has 0 fully saturated rings. The standard InChI is InChI=1S/C23H18F3N5O2S/c1-2-11-30(16-8-4-3-5-9-16)19(32)14-34-22-28-20-18(13-27-29-20)21(33)31(22)17-10-6-7-15(12-17)23(24,25)26/h2-10,12-13H,1,11,14H2,(H,27,29). The molecular weight excluding hydrogens is 467 g/mol. The second-order valence-corrected chi connectivity index (χ2v) is 8.08. The number of thioether (sulfide) groups is 1. The van der Waals surface area contributed by atoms with E-state index in [9.17, 15) is 22.8 Å². The van der Waals surface area contributed by atoms with Crippen molar-refractivity contribution in [3.8, 4) is 5.69 Å². The number of benzene rings is 2. The third-order valence-electron chi connectivity index (χ3n) is 4.89. The molecule has 4 aromatic rings. The van der Waals surface area contributed by atoms with E-state index in [1.807, 2.05) is 6.07 Å². The van der Waals surface area contributed by atoms with E-state index in [1.165, 1.54) is 23.2 Å². The fourth-order valence-corrected chi connectivity index (χ4v) is 4.19. The predicted molar refractivity (Wildman–Crippen MR) is 124 cm³/mol. The van der Waals surface area contributed by atoms with Crippen molar-refractivity contribution < 1.29 is 18.0 Å². The highest BCUT2D eigenvalue weighted by molar-refractivity contribution is 7.99. The van der Waals surface area contributed by atoms with Crippen molar-refractivity contribution in [2.45, 2.75) is 11.3 Å². The van der Waals surface area contributed by atoms with Gasteiger partial charge >= 0.3 is 6.18 Å². The first kappa shape index (κ1) is 23.3. The number of para-hydroxylation sites is 1. The lowest BCUT2D eigenvalue weighted by Crippen LogP contribution is -2.32. The number of nitrogens with zero attached hydrogens (tertiary/aromatic N) is 4. The molecule has 0 atom stereocenters. The van der Waals surface area contributed by atoms with Gasteiger partial charge in [0.15, 0.2) is 10.8 Å². The van der Waals surface area contributed by atoms with Crippen molar-refractivity contribution in [2.24, 2.45) is 0 Å². The molecule has 4 rings (SSSR count). The number of anilines is 1. The molecule has 7 nitrogen and oxygen atoms in total. The van der Waals surface area contributed by atoms with Crippen molar-refractivity contribution in [2.75, 3.05) is 17.2 Å². The van der Waals surface area contributed by atoms with E-state index in [2.05, 4.69) is 21.8 Å². The zero-order valence-electron chi connectivity index (χ0n) is 17.6. The van der Waals surface area contributed by atoms with Gasteiger partial charge in [-0.2, -0.15) is 18.3 Å². The number of rotatable bonds is 7. The number of hydrogen-bond donors (Lipinski definition) is 1. The summed E-state index contributed by atoms with van der Waals surface area (Å²) in [6.07, 6.45) is -1.74. The number of fused-ring (bicyclic) bond motifs is 1. The summed E-state index contributed by atoms with van der Waals surface area (Å²) in [6.45, 7) is 3.95. The maximum atomic E-state index is 13.3. The largest absolute Gasteiger partial charge is 0.416 e. The van der Waals surface area contributed by atoms with Crippen molar-refractivity contribution in [3.05, 3.63) is 89.4 Å². The van der Waals surface area contributed by atoms with Gasteiger partial charge in [0.05, 0.1) is 23.2 Å². The third-order valence-corrected chi connectivity index (χ3v) is 5.81. The number of halogens is 3. The SMILES string of the molecule is C=CCN(C(=O)CSc1nc2[nH]ncc2c(=O)n1-c1cccc(C(F)(F)F)c1)c1ccccc1. The van der Waals surface area contributed by atoms with Crippen molar-refractivity contribution in [1.82, 2.24) is 19.7 Å². The average Bonchev–Trinajstić information content (AvgIpc) is 3.30. The Kier molecular flexibility index (Phi) is 6.55. The van der Waals surface area contributed by atoms with Crippen LogP contribution in [0.4, 0.5) is 18.9 Å². The smallest absolute Gasteiger partial charge is 0.308 e. The fourth-order valence-electron chi connectivity index (χ4n) is 3.31. The molecule has 0 saturated heterocycles. The van der Waals surface area contributed by atoms with Crippen LogP contribution in [0.5, 0.6) is 0 Å². The van der Waals surface area contributed by atoms with Gasteiger partial charge in [0, 0.05) is 12.2 Å². The highest BCUT2D eigenvalue weighted by Crippen LogP contribution is 2.31. The van der Waals surface area contributed by atoms with E-state index in [-0.39, 0.29) is 40.1 Å². The first-order valence-corrected chi connectivity index (χ1v) is 11.0. The molecule has 0 aliphatic carbocycles. The normalized spacial score (nSPS) is 11.5. The Labute approximate surface area is 195 Å². The molecular formula is C23H18F3N5O2S. The molecule has 0 aliphatic rings. The molecule has 2 aromatic carbocycles. The van der Waals surface area contributed by atoms with Crippen LogP contribution in [-0.4, -0.2) is 38.0 Å². The number of nitrogens with one attached hydrogen (secondary N) is 1. The van der Waals surface area contributed by atoms with E-state index >= 15 is 0 Å². The van der Waals surface area contributed by atoms with Crippen LogP contribution in [0.1, 0.15) is 5.56 Å². The van der Waals surface area contributed by atoms with Crippen LogP contribution in [0.3, 0.4) is 0 Å². The van der Waals surface area contributed by atoms with Gasteiger partial charge in [0.25, 0.3) is 5.56 Å². The van der Waals surface area contributed by atoms with Crippen LogP contribution in [-0.2, 0) is 11.0 Å².